The zero-order valence-corrected chi connectivity index (χ0v) is 12.2. The predicted molar refractivity (Wildman–Crippen MR) is 82.9 cm³/mol. The minimum atomic E-state index is 0.0860. The van der Waals surface area contributed by atoms with E-state index in [1.165, 1.54) is 12.8 Å². The van der Waals surface area contributed by atoms with Crippen LogP contribution >= 0.6 is 0 Å². The lowest BCUT2D eigenvalue weighted by Crippen LogP contribution is -2.31. The highest BCUT2D eigenvalue weighted by atomic mass is 16.1. The third kappa shape index (κ3) is 4.85. The average Bonchev–Trinajstić information content (AvgIpc) is 2.48. The van der Waals surface area contributed by atoms with E-state index >= 15 is 0 Å². The normalized spacial score (nSPS) is 15.8. The van der Waals surface area contributed by atoms with E-state index < -0.39 is 0 Å². The first-order chi connectivity index (χ1) is 9.78. The topological polar surface area (TPSA) is 53.2 Å². The summed E-state index contributed by atoms with van der Waals surface area (Å²) in [5.41, 5.74) is 2.20. The number of hydrogen-bond acceptors (Lipinski definition) is 3. The maximum absolute atomic E-state index is 11.5. The van der Waals surface area contributed by atoms with Crippen molar-refractivity contribution in [2.75, 3.05) is 31.5 Å². The van der Waals surface area contributed by atoms with Gasteiger partial charge in [-0.25, -0.2) is 0 Å². The molecule has 4 nitrogen and oxygen atoms in total. The lowest BCUT2D eigenvalue weighted by atomic mass is 9.98. The van der Waals surface area contributed by atoms with Crippen LogP contribution < -0.4 is 16.0 Å². The molecule has 0 atom stereocenters. The van der Waals surface area contributed by atoms with Crippen LogP contribution in [-0.4, -0.2) is 32.1 Å². The first kappa shape index (κ1) is 14.9. The number of nitrogens with one attached hydrogen (secondary N) is 3. The standard InChI is InChI=1S/C16H25N3O/c1-2-18-16(20)11-13-3-5-15(6-4-13)19-12-14-7-9-17-10-8-14/h3-6,14,17,19H,2,7-12H2,1H3,(H,18,20). The Kier molecular flexibility index (Phi) is 5.87. The molecule has 0 aromatic heterocycles. The van der Waals surface area contributed by atoms with Crippen molar-refractivity contribution in [3.63, 3.8) is 0 Å². The molecular formula is C16H25N3O. The van der Waals surface area contributed by atoms with Crippen molar-refractivity contribution in [1.29, 1.82) is 0 Å². The molecule has 0 bridgehead atoms. The second kappa shape index (κ2) is 7.90. The van der Waals surface area contributed by atoms with Gasteiger partial charge in [-0.15, -0.1) is 0 Å². The highest BCUT2D eigenvalue weighted by molar-refractivity contribution is 5.78. The van der Waals surface area contributed by atoms with E-state index in [2.05, 4.69) is 28.1 Å². The number of rotatable bonds is 6. The van der Waals surface area contributed by atoms with Gasteiger partial charge in [0, 0.05) is 18.8 Å². The van der Waals surface area contributed by atoms with Crippen molar-refractivity contribution in [3.8, 4) is 0 Å². The third-order valence-corrected chi connectivity index (χ3v) is 3.75. The van der Waals surface area contributed by atoms with Crippen LogP contribution in [-0.2, 0) is 11.2 Å². The predicted octanol–water partition coefficient (Wildman–Crippen LogP) is 1.78. The maximum Gasteiger partial charge on any atom is 0.224 e. The highest BCUT2D eigenvalue weighted by Crippen LogP contribution is 2.15. The number of amides is 1. The van der Waals surface area contributed by atoms with Crippen LogP contribution in [0.3, 0.4) is 0 Å². The van der Waals surface area contributed by atoms with Crippen molar-refractivity contribution in [3.05, 3.63) is 29.8 Å². The molecule has 0 saturated carbocycles. The fraction of sp³-hybridized carbons (Fsp3) is 0.562. The highest BCUT2D eigenvalue weighted by Gasteiger charge is 2.12. The molecule has 1 aromatic carbocycles. The van der Waals surface area contributed by atoms with E-state index in [4.69, 9.17) is 0 Å². The Morgan fingerprint density at radius 1 is 1.25 bits per heavy atom. The zero-order valence-electron chi connectivity index (χ0n) is 12.2. The second-order valence-corrected chi connectivity index (χ2v) is 5.40. The molecule has 0 unspecified atom stereocenters. The molecule has 20 heavy (non-hydrogen) atoms. The van der Waals surface area contributed by atoms with Crippen LogP contribution in [0.1, 0.15) is 25.3 Å². The lowest BCUT2D eigenvalue weighted by molar-refractivity contribution is -0.120. The fourth-order valence-electron chi connectivity index (χ4n) is 2.53. The molecule has 0 spiro atoms. The number of carbonyl (C=O) groups excluding carboxylic acids is 1. The molecule has 1 aliphatic heterocycles. The maximum atomic E-state index is 11.5. The van der Waals surface area contributed by atoms with Gasteiger partial charge in [-0.3, -0.25) is 4.79 Å². The Morgan fingerprint density at radius 2 is 1.95 bits per heavy atom. The van der Waals surface area contributed by atoms with Gasteiger partial charge < -0.3 is 16.0 Å². The summed E-state index contributed by atoms with van der Waals surface area (Å²) in [6.45, 7) is 5.94. The molecular weight excluding hydrogens is 250 g/mol. The first-order valence-corrected chi connectivity index (χ1v) is 7.58. The molecule has 2 rings (SSSR count). The van der Waals surface area contributed by atoms with Gasteiger partial charge in [0.25, 0.3) is 0 Å². The van der Waals surface area contributed by atoms with Crippen LogP contribution in [0, 0.1) is 5.92 Å². The van der Waals surface area contributed by atoms with Gasteiger partial charge in [0.15, 0.2) is 0 Å². The number of anilines is 1. The Labute approximate surface area is 121 Å². The molecule has 1 heterocycles. The van der Waals surface area contributed by atoms with Gasteiger partial charge in [-0.2, -0.15) is 0 Å². The van der Waals surface area contributed by atoms with Gasteiger partial charge in [-0.05, 0) is 56.5 Å². The monoisotopic (exact) mass is 275 g/mol. The van der Waals surface area contributed by atoms with Gasteiger partial charge in [-0.1, -0.05) is 12.1 Å². The molecule has 0 radical (unpaired) electrons. The summed E-state index contributed by atoms with van der Waals surface area (Å²) in [6.07, 6.45) is 2.97. The van der Waals surface area contributed by atoms with E-state index in [1.807, 2.05) is 19.1 Å². The molecule has 1 fully saturated rings. The molecule has 0 aliphatic carbocycles. The van der Waals surface area contributed by atoms with Crippen LogP contribution in [0.2, 0.25) is 0 Å². The molecule has 3 N–H and O–H groups in total. The minimum Gasteiger partial charge on any atom is -0.385 e. The Hall–Kier alpha value is -1.55. The van der Waals surface area contributed by atoms with E-state index in [0.717, 1.165) is 36.8 Å². The molecule has 1 saturated heterocycles. The van der Waals surface area contributed by atoms with Crippen molar-refractivity contribution in [1.82, 2.24) is 10.6 Å². The van der Waals surface area contributed by atoms with Gasteiger partial charge in [0.2, 0.25) is 5.91 Å². The summed E-state index contributed by atoms with van der Waals surface area (Å²) >= 11 is 0. The minimum absolute atomic E-state index is 0.0860. The van der Waals surface area contributed by atoms with Crippen molar-refractivity contribution in [2.45, 2.75) is 26.2 Å². The molecule has 1 amide bonds. The molecule has 1 aromatic rings. The smallest absolute Gasteiger partial charge is 0.224 e. The number of hydrogen-bond donors (Lipinski definition) is 3. The zero-order chi connectivity index (χ0) is 14.2. The Bertz CT molecular complexity index is 410. The molecule has 110 valence electrons. The Balaban J connectivity index is 1.77. The van der Waals surface area contributed by atoms with E-state index in [0.29, 0.717) is 13.0 Å². The Morgan fingerprint density at radius 3 is 2.60 bits per heavy atom. The molecule has 1 aliphatic rings. The average molecular weight is 275 g/mol. The summed E-state index contributed by atoms with van der Waals surface area (Å²) in [7, 11) is 0. The van der Waals surface area contributed by atoms with Gasteiger partial charge in [0.05, 0.1) is 6.42 Å². The van der Waals surface area contributed by atoms with Crippen molar-refractivity contribution < 1.29 is 4.79 Å². The van der Waals surface area contributed by atoms with E-state index in [-0.39, 0.29) is 5.91 Å². The fourth-order valence-corrected chi connectivity index (χ4v) is 2.53. The third-order valence-electron chi connectivity index (χ3n) is 3.75. The van der Waals surface area contributed by atoms with Crippen molar-refractivity contribution >= 4 is 11.6 Å². The van der Waals surface area contributed by atoms with Crippen LogP contribution in [0.4, 0.5) is 5.69 Å². The van der Waals surface area contributed by atoms with E-state index in [9.17, 15) is 4.79 Å². The summed E-state index contributed by atoms with van der Waals surface area (Å²) in [5, 5.41) is 9.69. The second-order valence-electron chi connectivity index (χ2n) is 5.40. The van der Waals surface area contributed by atoms with Gasteiger partial charge >= 0.3 is 0 Å². The van der Waals surface area contributed by atoms with Gasteiger partial charge in [0.1, 0.15) is 0 Å². The number of likely N-dealkylation sites (N-methyl/N-ethyl adjacent to an activating group) is 1. The summed E-state index contributed by atoms with van der Waals surface area (Å²) in [6, 6.07) is 8.19. The SMILES string of the molecule is CCNC(=O)Cc1ccc(NCC2CCNCC2)cc1. The summed E-state index contributed by atoms with van der Waals surface area (Å²) < 4.78 is 0. The molecule has 4 heteroatoms. The first-order valence-electron chi connectivity index (χ1n) is 7.58. The number of carbonyl (C=O) groups is 1. The van der Waals surface area contributed by atoms with Crippen LogP contribution in [0.15, 0.2) is 24.3 Å². The summed E-state index contributed by atoms with van der Waals surface area (Å²) in [5.74, 6) is 0.856. The van der Waals surface area contributed by atoms with E-state index in [1.54, 1.807) is 0 Å². The van der Waals surface area contributed by atoms with Crippen LogP contribution in [0.25, 0.3) is 0 Å². The quantitative estimate of drug-likeness (QED) is 0.742. The van der Waals surface area contributed by atoms with Crippen LogP contribution in [0.5, 0.6) is 0 Å². The largest absolute Gasteiger partial charge is 0.385 e. The summed E-state index contributed by atoms with van der Waals surface area (Å²) in [4.78, 5) is 11.5. The lowest BCUT2D eigenvalue weighted by Gasteiger charge is -2.23. The number of benzene rings is 1. The van der Waals surface area contributed by atoms with Crippen molar-refractivity contribution in [2.24, 2.45) is 5.92 Å². The number of piperidine rings is 1.